The molecule has 2 N–H and O–H groups in total. The number of aliphatic hydroxyl groups excluding tert-OH is 1. The molecule has 0 radical (unpaired) electrons. The van der Waals surface area contributed by atoms with Crippen molar-refractivity contribution in [2.75, 3.05) is 6.54 Å². The van der Waals surface area contributed by atoms with E-state index < -0.39 is 0 Å². The third kappa shape index (κ3) is 1.38. The Morgan fingerprint density at radius 2 is 2.11 bits per heavy atom. The molecule has 0 saturated carbocycles. The van der Waals surface area contributed by atoms with Crippen molar-refractivity contribution in [2.45, 2.75) is 38.0 Å². The lowest BCUT2D eigenvalue weighted by Crippen LogP contribution is -2.45. The molecule has 1 saturated heterocycles. The average Bonchev–Trinajstić information content (AvgIpc) is 2.78. The minimum atomic E-state index is -0.247. The second kappa shape index (κ2) is 3.84. The summed E-state index contributed by atoms with van der Waals surface area (Å²) in [7, 11) is 0. The van der Waals surface area contributed by atoms with Crippen LogP contribution in [0.4, 0.5) is 0 Å². The number of para-hydroxylation sites is 1. The molecule has 2 aliphatic heterocycles. The van der Waals surface area contributed by atoms with Crippen molar-refractivity contribution in [3.05, 3.63) is 35.5 Å². The van der Waals surface area contributed by atoms with Crippen molar-refractivity contribution in [2.24, 2.45) is 0 Å². The van der Waals surface area contributed by atoms with Gasteiger partial charge in [-0.05, 0) is 37.3 Å². The summed E-state index contributed by atoms with van der Waals surface area (Å²) in [6.07, 6.45) is 4.01. The zero-order chi connectivity index (χ0) is 12.1. The van der Waals surface area contributed by atoms with Crippen molar-refractivity contribution in [3.8, 4) is 0 Å². The van der Waals surface area contributed by atoms with Crippen molar-refractivity contribution in [3.63, 3.8) is 0 Å². The van der Waals surface area contributed by atoms with E-state index in [1.807, 2.05) is 0 Å². The van der Waals surface area contributed by atoms with Crippen LogP contribution in [0.3, 0.4) is 0 Å². The summed E-state index contributed by atoms with van der Waals surface area (Å²) in [6, 6.07) is 8.94. The molecular formula is C15H18N2O. The van der Waals surface area contributed by atoms with Crippen LogP contribution in [0, 0.1) is 0 Å². The molecule has 2 atom stereocenters. The zero-order valence-electron chi connectivity index (χ0n) is 10.4. The van der Waals surface area contributed by atoms with E-state index in [0.717, 1.165) is 32.2 Å². The number of aromatic amines is 1. The highest BCUT2D eigenvalue weighted by Crippen LogP contribution is 2.40. The van der Waals surface area contributed by atoms with Crippen LogP contribution in [0.15, 0.2) is 24.3 Å². The van der Waals surface area contributed by atoms with Crippen LogP contribution in [-0.2, 0) is 6.42 Å². The number of fused-ring (bicyclic) bond motifs is 5. The summed E-state index contributed by atoms with van der Waals surface area (Å²) in [4.78, 5) is 5.85. The van der Waals surface area contributed by atoms with Crippen LogP contribution in [0.1, 0.15) is 36.6 Å². The maximum absolute atomic E-state index is 10.1. The number of nitrogens with one attached hydrogen (secondary N) is 1. The molecule has 0 amide bonds. The van der Waals surface area contributed by atoms with Crippen molar-refractivity contribution in [1.82, 2.24) is 9.88 Å². The van der Waals surface area contributed by atoms with E-state index >= 15 is 0 Å². The second-order valence-electron chi connectivity index (χ2n) is 5.48. The van der Waals surface area contributed by atoms with E-state index in [-0.39, 0.29) is 6.23 Å². The van der Waals surface area contributed by atoms with Gasteiger partial charge in [0, 0.05) is 23.1 Å². The predicted molar refractivity (Wildman–Crippen MR) is 71.3 cm³/mol. The highest BCUT2D eigenvalue weighted by atomic mass is 16.3. The minimum absolute atomic E-state index is 0.247. The molecule has 3 nitrogen and oxygen atoms in total. The number of hydrogen-bond acceptors (Lipinski definition) is 2. The van der Waals surface area contributed by atoms with E-state index in [1.54, 1.807) is 0 Å². The molecule has 0 bridgehead atoms. The highest BCUT2D eigenvalue weighted by molar-refractivity contribution is 5.85. The molecular weight excluding hydrogens is 224 g/mol. The van der Waals surface area contributed by atoms with Gasteiger partial charge in [0.25, 0.3) is 0 Å². The van der Waals surface area contributed by atoms with Gasteiger partial charge in [-0.25, -0.2) is 0 Å². The number of hydrogen-bond donors (Lipinski definition) is 2. The Balaban J connectivity index is 1.87. The molecule has 94 valence electrons. The molecule has 0 aliphatic carbocycles. The zero-order valence-corrected chi connectivity index (χ0v) is 10.4. The summed E-state index contributed by atoms with van der Waals surface area (Å²) < 4.78 is 0. The first-order chi connectivity index (χ1) is 8.84. The van der Waals surface area contributed by atoms with Gasteiger partial charge < -0.3 is 10.1 Å². The number of rotatable bonds is 0. The van der Waals surface area contributed by atoms with Crippen LogP contribution in [0.25, 0.3) is 10.9 Å². The molecule has 0 spiro atoms. The van der Waals surface area contributed by atoms with Crippen LogP contribution >= 0.6 is 0 Å². The van der Waals surface area contributed by atoms with Gasteiger partial charge in [0.2, 0.25) is 0 Å². The maximum atomic E-state index is 10.1. The van der Waals surface area contributed by atoms with Gasteiger partial charge >= 0.3 is 0 Å². The molecule has 1 aromatic heterocycles. The summed E-state index contributed by atoms with van der Waals surface area (Å²) in [6.45, 7) is 0.987. The van der Waals surface area contributed by atoms with Gasteiger partial charge in [-0.2, -0.15) is 0 Å². The number of aromatic nitrogens is 1. The number of aliphatic hydroxyl groups is 1. The van der Waals surface area contributed by atoms with E-state index in [1.165, 1.54) is 22.2 Å². The Bertz CT molecular complexity index is 589. The lowest BCUT2D eigenvalue weighted by molar-refractivity contribution is -0.0622. The molecule has 18 heavy (non-hydrogen) atoms. The van der Waals surface area contributed by atoms with E-state index in [0.29, 0.717) is 6.04 Å². The van der Waals surface area contributed by atoms with Crippen molar-refractivity contribution in [1.29, 1.82) is 0 Å². The lowest BCUT2D eigenvalue weighted by Gasteiger charge is -2.42. The summed E-state index contributed by atoms with van der Waals surface area (Å²) in [5, 5.41) is 11.5. The fourth-order valence-corrected chi connectivity index (χ4v) is 3.66. The molecule has 2 aromatic rings. The monoisotopic (exact) mass is 242 g/mol. The largest absolute Gasteiger partial charge is 0.378 e. The summed E-state index contributed by atoms with van der Waals surface area (Å²) in [5.74, 6) is 0. The van der Waals surface area contributed by atoms with Crippen LogP contribution in [0.5, 0.6) is 0 Å². The Hall–Kier alpha value is -1.32. The molecule has 1 fully saturated rings. The molecule has 2 unspecified atom stereocenters. The fourth-order valence-electron chi connectivity index (χ4n) is 3.66. The Labute approximate surface area is 106 Å². The lowest BCUT2D eigenvalue weighted by atomic mass is 9.90. The van der Waals surface area contributed by atoms with Crippen molar-refractivity contribution < 1.29 is 5.11 Å². The Morgan fingerprint density at radius 3 is 3.06 bits per heavy atom. The van der Waals surface area contributed by atoms with Gasteiger partial charge in [0.1, 0.15) is 6.23 Å². The Morgan fingerprint density at radius 1 is 1.22 bits per heavy atom. The number of piperidine rings is 1. The first-order valence-corrected chi connectivity index (χ1v) is 6.88. The first-order valence-electron chi connectivity index (χ1n) is 6.88. The number of H-pyrrole nitrogens is 1. The van der Waals surface area contributed by atoms with Gasteiger partial charge in [-0.1, -0.05) is 18.2 Å². The van der Waals surface area contributed by atoms with Crippen LogP contribution < -0.4 is 0 Å². The van der Waals surface area contributed by atoms with Gasteiger partial charge in [0.15, 0.2) is 0 Å². The smallest absolute Gasteiger partial charge is 0.107 e. The topological polar surface area (TPSA) is 39.3 Å². The number of benzene rings is 1. The molecule has 3 heteroatoms. The fraction of sp³-hybridized carbons (Fsp3) is 0.467. The maximum Gasteiger partial charge on any atom is 0.107 e. The predicted octanol–water partition coefficient (Wildman–Crippen LogP) is 2.57. The normalized spacial score (nSPS) is 28.1. The van der Waals surface area contributed by atoms with Gasteiger partial charge in [-0.3, -0.25) is 4.90 Å². The van der Waals surface area contributed by atoms with Gasteiger partial charge in [-0.15, -0.1) is 0 Å². The standard InChI is InChI=1S/C15H18N2O/c18-14-7-3-6-13-15-11(8-9-17(13)14)10-4-1-2-5-12(10)16-15/h1-2,4-5,13-14,16,18H,3,6-9H2. The first kappa shape index (κ1) is 10.6. The second-order valence-corrected chi connectivity index (χ2v) is 5.48. The van der Waals surface area contributed by atoms with E-state index in [4.69, 9.17) is 0 Å². The van der Waals surface area contributed by atoms with Crippen LogP contribution in [0.2, 0.25) is 0 Å². The van der Waals surface area contributed by atoms with Crippen molar-refractivity contribution >= 4 is 10.9 Å². The molecule has 2 aliphatic rings. The highest BCUT2D eigenvalue weighted by Gasteiger charge is 2.36. The number of nitrogens with zero attached hydrogens (tertiary/aromatic N) is 1. The van der Waals surface area contributed by atoms with Crippen LogP contribution in [-0.4, -0.2) is 27.8 Å². The molecule has 4 rings (SSSR count). The summed E-state index contributed by atoms with van der Waals surface area (Å²) in [5.41, 5.74) is 4.06. The molecule has 1 aromatic carbocycles. The third-order valence-electron chi connectivity index (χ3n) is 4.52. The molecule has 3 heterocycles. The van der Waals surface area contributed by atoms with E-state index in [2.05, 4.69) is 34.1 Å². The summed E-state index contributed by atoms with van der Waals surface area (Å²) >= 11 is 0. The average molecular weight is 242 g/mol. The SMILES string of the molecule is OC1CCCC2c3[nH]c4ccccc4c3CCN12. The van der Waals surface area contributed by atoms with E-state index in [9.17, 15) is 5.11 Å². The van der Waals surface area contributed by atoms with Gasteiger partial charge in [0.05, 0.1) is 6.04 Å². The Kier molecular flexibility index (Phi) is 2.26. The quantitative estimate of drug-likeness (QED) is 0.745. The minimum Gasteiger partial charge on any atom is -0.378 e. The third-order valence-corrected chi connectivity index (χ3v) is 4.52.